The molecule has 1 fully saturated rings. The number of nitrogens with zero attached hydrogens (tertiary/aromatic N) is 1. The Balaban J connectivity index is 1.91. The summed E-state index contributed by atoms with van der Waals surface area (Å²) in [6, 6.07) is 6.03. The van der Waals surface area contributed by atoms with E-state index in [9.17, 15) is 4.39 Å². The third-order valence-corrected chi connectivity index (χ3v) is 4.03. The lowest BCUT2D eigenvalue weighted by Crippen LogP contribution is -2.40. The van der Waals surface area contributed by atoms with E-state index in [-0.39, 0.29) is 5.82 Å². The molecule has 1 saturated heterocycles. The van der Waals surface area contributed by atoms with Crippen LogP contribution in [0.15, 0.2) is 22.7 Å². The lowest BCUT2D eigenvalue weighted by atomic mass is 10.0. The van der Waals surface area contributed by atoms with E-state index in [1.165, 1.54) is 12.8 Å². The highest BCUT2D eigenvalue weighted by atomic mass is 79.9. The first-order valence-corrected chi connectivity index (χ1v) is 6.82. The minimum Gasteiger partial charge on any atom is -0.317 e. The number of halogens is 2. The van der Waals surface area contributed by atoms with E-state index < -0.39 is 0 Å². The predicted octanol–water partition coefficient (Wildman–Crippen LogP) is 2.77. The highest BCUT2D eigenvalue weighted by Crippen LogP contribution is 2.19. The topological polar surface area (TPSA) is 15.3 Å². The minimum absolute atomic E-state index is 0.174. The van der Waals surface area contributed by atoms with Crippen LogP contribution < -0.4 is 5.32 Å². The van der Waals surface area contributed by atoms with Gasteiger partial charge in [0.2, 0.25) is 0 Å². The molecular weight excluding hydrogens is 283 g/mol. The van der Waals surface area contributed by atoms with Crippen LogP contribution in [0.1, 0.15) is 18.4 Å². The van der Waals surface area contributed by atoms with Gasteiger partial charge in [0.1, 0.15) is 5.82 Å². The Hall–Kier alpha value is -0.450. The van der Waals surface area contributed by atoms with E-state index in [4.69, 9.17) is 0 Å². The molecule has 1 aliphatic heterocycles. The molecule has 0 radical (unpaired) electrons. The molecule has 2 rings (SSSR count). The van der Waals surface area contributed by atoms with Gasteiger partial charge < -0.3 is 5.32 Å². The van der Waals surface area contributed by atoms with Gasteiger partial charge in [0, 0.05) is 12.6 Å². The molecule has 0 bridgehead atoms. The van der Waals surface area contributed by atoms with Crippen molar-refractivity contribution in [2.45, 2.75) is 25.4 Å². The Morgan fingerprint density at radius 3 is 2.71 bits per heavy atom. The molecule has 0 atom stereocenters. The maximum Gasteiger partial charge on any atom is 0.137 e. The zero-order valence-corrected chi connectivity index (χ0v) is 11.6. The van der Waals surface area contributed by atoms with Gasteiger partial charge in [-0.25, -0.2) is 4.39 Å². The zero-order chi connectivity index (χ0) is 12.3. The summed E-state index contributed by atoms with van der Waals surface area (Å²) < 4.78 is 13.9. The average Bonchev–Trinajstić information content (AvgIpc) is 2.35. The lowest BCUT2D eigenvalue weighted by molar-refractivity contribution is 0.194. The third kappa shape index (κ3) is 3.50. The Labute approximate surface area is 110 Å². The van der Waals surface area contributed by atoms with Crippen molar-refractivity contribution in [3.63, 3.8) is 0 Å². The smallest absolute Gasteiger partial charge is 0.137 e. The van der Waals surface area contributed by atoms with Crippen molar-refractivity contribution in [3.8, 4) is 0 Å². The van der Waals surface area contributed by atoms with E-state index in [2.05, 4.69) is 26.1 Å². The maximum atomic E-state index is 13.4. The molecule has 94 valence electrons. The fourth-order valence-corrected chi connectivity index (χ4v) is 2.52. The molecule has 4 heteroatoms. The number of hydrogen-bond donors (Lipinski definition) is 1. The highest BCUT2D eigenvalue weighted by molar-refractivity contribution is 9.10. The quantitative estimate of drug-likeness (QED) is 0.923. The molecule has 0 saturated carbocycles. The van der Waals surface area contributed by atoms with Crippen LogP contribution in [0.5, 0.6) is 0 Å². The molecule has 0 amide bonds. The Morgan fingerprint density at radius 2 is 2.12 bits per heavy atom. The van der Waals surface area contributed by atoms with Crippen molar-refractivity contribution in [2.24, 2.45) is 0 Å². The summed E-state index contributed by atoms with van der Waals surface area (Å²) in [6.45, 7) is 3.02. The summed E-state index contributed by atoms with van der Waals surface area (Å²) in [6.07, 6.45) is 2.35. The summed E-state index contributed by atoms with van der Waals surface area (Å²) >= 11 is 3.17. The molecule has 1 aliphatic rings. The monoisotopic (exact) mass is 300 g/mol. The molecule has 0 spiro atoms. The average molecular weight is 301 g/mol. The Morgan fingerprint density at radius 1 is 1.41 bits per heavy atom. The fraction of sp³-hybridized carbons (Fsp3) is 0.538. The Kier molecular flexibility index (Phi) is 4.54. The van der Waals surface area contributed by atoms with Gasteiger partial charge in [-0.2, -0.15) is 0 Å². The van der Waals surface area contributed by atoms with Crippen molar-refractivity contribution in [1.82, 2.24) is 10.2 Å². The second-order valence-electron chi connectivity index (χ2n) is 4.59. The first-order valence-electron chi connectivity index (χ1n) is 6.02. The van der Waals surface area contributed by atoms with Gasteiger partial charge in [0.05, 0.1) is 4.47 Å². The van der Waals surface area contributed by atoms with Gasteiger partial charge >= 0.3 is 0 Å². The van der Waals surface area contributed by atoms with E-state index in [1.807, 2.05) is 13.1 Å². The van der Waals surface area contributed by atoms with E-state index in [1.54, 1.807) is 12.1 Å². The number of nitrogens with one attached hydrogen (secondary N) is 1. The summed E-state index contributed by atoms with van der Waals surface area (Å²) in [5.41, 5.74) is 1.05. The van der Waals surface area contributed by atoms with Crippen LogP contribution in [-0.4, -0.2) is 31.1 Å². The Bertz CT molecular complexity index is 376. The normalized spacial score (nSPS) is 18.5. The first kappa shape index (κ1) is 13.0. The summed E-state index contributed by atoms with van der Waals surface area (Å²) in [4.78, 5) is 2.39. The van der Waals surface area contributed by atoms with Crippen LogP contribution in [0.25, 0.3) is 0 Å². The second kappa shape index (κ2) is 5.94. The van der Waals surface area contributed by atoms with Gasteiger partial charge in [0.25, 0.3) is 0 Å². The first-order chi connectivity index (χ1) is 8.19. The molecule has 17 heavy (non-hydrogen) atoms. The van der Waals surface area contributed by atoms with Crippen LogP contribution in [-0.2, 0) is 6.54 Å². The largest absolute Gasteiger partial charge is 0.317 e. The predicted molar refractivity (Wildman–Crippen MR) is 71.5 cm³/mol. The maximum absolute atomic E-state index is 13.4. The zero-order valence-electron chi connectivity index (χ0n) is 10.0. The number of rotatable bonds is 3. The lowest BCUT2D eigenvalue weighted by Gasteiger charge is -2.31. The van der Waals surface area contributed by atoms with Gasteiger partial charge in [-0.3, -0.25) is 4.90 Å². The minimum atomic E-state index is -0.174. The summed E-state index contributed by atoms with van der Waals surface area (Å²) in [5, 5.41) is 3.31. The molecule has 2 nitrogen and oxygen atoms in total. The molecule has 1 aromatic carbocycles. The molecule has 0 aliphatic carbocycles. The number of benzene rings is 1. The van der Waals surface area contributed by atoms with E-state index in [0.29, 0.717) is 10.5 Å². The van der Waals surface area contributed by atoms with Crippen LogP contribution in [0.3, 0.4) is 0 Å². The molecule has 1 N–H and O–H groups in total. The van der Waals surface area contributed by atoms with Crippen LogP contribution in [0.2, 0.25) is 0 Å². The number of hydrogen-bond acceptors (Lipinski definition) is 2. The van der Waals surface area contributed by atoms with Gasteiger partial charge in [0.15, 0.2) is 0 Å². The molecule has 0 unspecified atom stereocenters. The van der Waals surface area contributed by atoms with Crippen molar-refractivity contribution >= 4 is 15.9 Å². The fourth-order valence-electron chi connectivity index (χ4n) is 2.28. The standard InChI is InChI=1S/C13H18BrFN2/c1-16-11-4-6-17(7-5-11)9-10-2-3-12(14)13(15)8-10/h2-3,8,11,16H,4-7,9H2,1H3. The van der Waals surface area contributed by atoms with Gasteiger partial charge in [-0.05, 0) is 66.6 Å². The SMILES string of the molecule is CNC1CCN(Cc2ccc(Br)c(F)c2)CC1. The molecule has 1 aromatic rings. The second-order valence-corrected chi connectivity index (χ2v) is 5.44. The van der Waals surface area contributed by atoms with Gasteiger partial charge in [-0.1, -0.05) is 6.07 Å². The van der Waals surface area contributed by atoms with Crippen LogP contribution in [0.4, 0.5) is 4.39 Å². The summed E-state index contributed by atoms with van der Waals surface area (Å²) in [7, 11) is 2.02. The van der Waals surface area contributed by atoms with Gasteiger partial charge in [-0.15, -0.1) is 0 Å². The van der Waals surface area contributed by atoms with Crippen molar-refractivity contribution < 1.29 is 4.39 Å². The van der Waals surface area contributed by atoms with Crippen molar-refractivity contribution in [1.29, 1.82) is 0 Å². The van der Waals surface area contributed by atoms with E-state index in [0.717, 1.165) is 25.2 Å². The van der Waals surface area contributed by atoms with Crippen LogP contribution >= 0.6 is 15.9 Å². The van der Waals surface area contributed by atoms with Crippen molar-refractivity contribution in [2.75, 3.05) is 20.1 Å². The third-order valence-electron chi connectivity index (χ3n) is 3.39. The van der Waals surface area contributed by atoms with E-state index >= 15 is 0 Å². The van der Waals surface area contributed by atoms with Crippen molar-refractivity contribution in [3.05, 3.63) is 34.1 Å². The summed E-state index contributed by atoms with van der Waals surface area (Å²) in [5.74, 6) is -0.174. The number of likely N-dealkylation sites (tertiary alicyclic amines) is 1. The number of piperidine rings is 1. The molecule has 1 heterocycles. The molecular formula is C13H18BrFN2. The van der Waals surface area contributed by atoms with Crippen LogP contribution in [0, 0.1) is 5.82 Å². The highest BCUT2D eigenvalue weighted by Gasteiger charge is 2.17. The molecule has 0 aromatic heterocycles.